The molecule has 0 unspecified atom stereocenters. The zero-order valence-corrected chi connectivity index (χ0v) is 16.6. The van der Waals surface area contributed by atoms with E-state index < -0.39 is 0 Å². The van der Waals surface area contributed by atoms with Gasteiger partial charge in [-0.15, -0.1) is 0 Å². The number of likely N-dealkylation sites (tertiary alicyclic amines) is 1. The average Bonchev–Trinajstić information content (AvgIpc) is 3.15. The number of imidazole rings is 1. The van der Waals surface area contributed by atoms with Crippen LogP contribution in [0.25, 0.3) is 11.0 Å². The molecule has 0 spiro atoms. The summed E-state index contributed by atoms with van der Waals surface area (Å²) in [4.78, 5) is 29.5. The predicted molar refractivity (Wildman–Crippen MR) is 110 cm³/mol. The van der Waals surface area contributed by atoms with Gasteiger partial charge in [-0.25, -0.2) is 4.98 Å². The predicted octanol–water partition coefficient (Wildman–Crippen LogP) is 3.10. The van der Waals surface area contributed by atoms with E-state index in [1.807, 2.05) is 41.1 Å². The zero-order valence-electron chi connectivity index (χ0n) is 16.6. The Hall–Kier alpha value is -2.73. The van der Waals surface area contributed by atoms with E-state index in [-0.39, 0.29) is 11.8 Å². The van der Waals surface area contributed by atoms with Crippen molar-refractivity contribution in [3.8, 4) is 0 Å². The largest absolute Gasteiger partial charge is 0.342 e. The van der Waals surface area contributed by atoms with Gasteiger partial charge in [0.05, 0.1) is 23.3 Å². The van der Waals surface area contributed by atoms with E-state index in [4.69, 9.17) is 4.98 Å². The van der Waals surface area contributed by atoms with Gasteiger partial charge in [0.25, 0.3) is 0 Å². The molecule has 1 atom stereocenters. The van der Waals surface area contributed by atoms with Gasteiger partial charge in [-0.05, 0) is 50.6 Å². The van der Waals surface area contributed by atoms with Gasteiger partial charge in [0.15, 0.2) is 0 Å². The van der Waals surface area contributed by atoms with E-state index in [1.165, 1.54) is 5.56 Å². The van der Waals surface area contributed by atoms with E-state index >= 15 is 0 Å². The molecular weight excluding hydrogens is 350 g/mol. The molecule has 0 aliphatic carbocycles. The molecule has 28 heavy (non-hydrogen) atoms. The zero-order chi connectivity index (χ0) is 19.5. The smallest absolute Gasteiger partial charge is 0.236 e. The molecule has 0 saturated carbocycles. The second kappa shape index (κ2) is 8.10. The first kappa shape index (κ1) is 18.6. The molecule has 4 rings (SSSR count). The quantitative estimate of drug-likeness (QED) is 0.742. The van der Waals surface area contributed by atoms with Crippen molar-refractivity contribution >= 4 is 16.9 Å². The van der Waals surface area contributed by atoms with Crippen molar-refractivity contribution in [2.24, 2.45) is 0 Å². The Morgan fingerprint density at radius 1 is 1.29 bits per heavy atom. The average molecular weight is 377 g/mol. The number of benzene rings is 1. The summed E-state index contributed by atoms with van der Waals surface area (Å²) in [6.07, 6.45) is 3.86. The number of likely N-dealkylation sites (N-methyl/N-ethyl adjacent to an activating group) is 1. The molecule has 1 aliphatic heterocycles. The summed E-state index contributed by atoms with van der Waals surface area (Å²) in [5.41, 5.74) is 4.27. The highest BCUT2D eigenvalue weighted by Gasteiger charge is 2.27. The lowest BCUT2D eigenvalue weighted by Gasteiger charge is -2.33. The highest BCUT2D eigenvalue weighted by molar-refractivity contribution is 5.79. The lowest BCUT2D eigenvalue weighted by molar-refractivity contribution is -0.133. The van der Waals surface area contributed by atoms with Gasteiger partial charge in [0.2, 0.25) is 5.91 Å². The molecule has 1 aliphatic rings. The summed E-state index contributed by atoms with van der Waals surface area (Å²) in [6, 6.07) is 12.1. The third-order valence-corrected chi connectivity index (χ3v) is 5.46. The van der Waals surface area contributed by atoms with Crippen LogP contribution in [0.2, 0.25) is 0 Å². The number of para-hydroxylation sites is 1. The van der Waals surface area contributed by atoms with Crippen molar-refractivity contribution in [3.05, 3.63) is 59.7 Å². The molecule has 3 heterocycles. The van der Waals surface area contributed by atoms with Crippen LogP contribution in [0.5, 0.6) is 0 Å². The van der Waals surface area contributed by atoms with E-state index in [1.54, 1.807) is 6.20 Å². The maximum absolute atomic E-state index is 12.8. The van der Waals surface area contributed by atoms with Gasteiger partial charge in [-0.2, -0.15) is 0 Å². The molecule has 6 heteroatoms. The number of rotatable bonds is 5. The topological polar surface area (TPSA) is 65.1 Å². The van der Waals surface area contributed by atoms with Crippen LogP contribution in [-0.4, -0.2) is 57.3 Å². The lowest BCUT2D eigenvalue weighted by atomic mass is 9.97. The number of hydrogen-bond acceptors (Lipinski definition) is 4. The number of H-pyrrole nitrogens is 1. The summed E-state index contributed by atoms with van der Waals surface area (Å²) in [7, 11) is 1.97. The molecule has 146 valence electrons. The van der Waals surface area contributed by atoms with E-state index in [0.29, 0.717) is 13.1 Å². The molecule has 0 bridgehead atoms. The number of carbonyl (C=O) groups excluding carboxylic acids is 1. The van der Waals surface area contributed by atoms with Crippen LogP contribution in [0.3, 0.4) is 0 Å². The summed E-state index contributed by atoms with van der Waals surface area (Å²) < 4.78 is 0. The van der Waals surface area contributed by atoms with Crippen molar-refractivity contribution in [2.75, 3.05) is 26.7 Å². The minimum Gasteiger partial charge on any atom is -0.342 e. The van der Waals surface area contributed by atoms with Gasteiger partial charge >= 0.3 is 0 Å². The van der Waals surface area contributed by atoms with E-state index in [0.717, 1.165) is 48.5 Å². The fourth-order valence-corrected chi connectivity index (χ4v) is 3.97. The number of carbonyl (C=O) groups is 1. The van der Waals surface area contributed by atoms with Crippen molar-refractivity contribution in [1.82, 2.24) is 24.8 Å². The summed E-state index contributed by atoms with van der Waals surface area (Å²) in [5, 5.41) is 0. The molecule has 1 N–H and O–H groups in total. The summed E-state index contributed by atoms with van der Waals surface area (Å²) in [6.45, 7) is 4.72. The number of piperidine rings is 1. The van der Waals surface area contributed by atoms with Gasteiger partial charge in [0.1, 0.15) is 5.82 Å². The van der Waals surface area contributed by atoms with Gasteiger partial charge in [-0.3, -0.25) is 14.7 Å². The summed E-state index contributed by atoms with van der Waals surface area (Å²) >= 11 is 0. The van der Waals surface area contributed by atoms with Crippen molar-refractivity contribution in [2.45, 2.75) is 32.2 Å². The number of amides is 1. The van der Waals surface area contributed by atoms with Crippen LogP contribution in [0.1, 0.15) is 35.8 Å². The SMILES string of the molecule is Cc1cccc2[nH]c([C@H]3CCCN(C(=O)CN(C)Cc4ccccn4)C3)nc12. The Kier molecular flexibility index (Phi) is 5.39. The third-order valence-electron chi connectivity index (χ3n) is 5.46. The first-order chi connectivity index (χ1) is 13.6. The van der Waals surface area contributed by atoms with Crippen LogP contribution in [0, 0.1) is 6.92 Å². The number of aryl methyl sites for hydroxylation is 1. The standard InChI is InChI=1S/C22H27N5O/c1-16-7-5-10-19-21(16)25-22(24-19)17-8-6-12-27(13-17)20(28)15-26(2)14-18-9-3-4-11-23-18/h3-5,7,9-11,17H,6,8,12-15H2,1-2H3,(H,24,25)/t17-/m0/s1. The molecule has 1 fully saturated rings. The number of aromatic amines is 1. The van der Waals surface area contributed by atoms with Gasteiger partial charge < -0.3 is 9.88 Å². The number of hydrogen-bond donors (Lipinski definition) is 1. The molecule has 0 radical (unpaired) electrons. The van der Waals surface area contributed by atoms with Crippen LogP contribution in [-0.2, 0) is 11.3 Å². The Balaban J connectivity index is 1.40. The Morgan fingerprint density at radius 3 is 2.96 bits per heavy atom. The molecule has 6 nitrogen and oxygen atoms in total. The maximum atomic E-state index is 12.8. The normalized spacial score (nSPS) is 17.4. The van der Waals surface area contributed by atoms with Crippen molar-refractivity contribution in [1.29, 1.82) is 0 Å². The second-order valence-electron chi connectivity index (χ2n) is 7.77. The fraction of sp³-hybridized carbons (Fsp3) is 0.409. The van der Waals surface area contributed by atoms with Crippen LogP contribution in [0.15, 0.2) is 42.6 Å². The van der Waals surface area contributed by atoms with Crippen LogP contribution < -0.4 is 0 Å². The number of fused-ring (bicyclic) bond motifs is 1. The fourth-order valence-electron chi connectivity index (χ4n) is 3.97. The second-order valence-corrected chi connectivity index (χ2v) is 7.77. The van der Waals surface area contributed by atoms with E-state index in [9.17, 15) is 4.79 Å². The first-order valence-electron chi connectivity index (χ1n) is 9.91. The molecule has 1 aromatic carbocycles. The molecule has 3 aromatic rings. The number of aromatic nitrogens is 3. The van der Waals surface area contributed by atoms with E-state index in [2.05, 4.69) is 29.0 Å². The number of nitrogens with one attached hydrogen (secondary N) is 1. The highest BCUT2D eigenvalue weighted by atomic mass is 16.2. The van der Waals surface area contributed by atoms with Gasteiger partial charge in [0, 0.05) is 31.7 Å². The van der Waals surface area contributed by atoms with Crippen LogP contribution >= 0.6 is 0 Å². The maximum Gasteiger partial charge on any atom is 0.236 e. The molecular formula is C22H27N5O. The molecule has 1 amide bonds. The third kappa shape index (κ3) is 4.07. The Bertz CT molecular complexity index is 952. The van der Waals surface area contributed by atoms with Crippen molar-refractivity contribution < 1.29 is 4.79 Å². The number of pyridine rings is 1. The van der Waals surface area contributed by atoms with Crippen LogP contribution in [0.4, 0.5) is 0 Å². The van der Waals surface area contributed by atoms with Crippen molar-refractivity contribution in [3.63, 3.8) is 0 Å². The lowest BCUT2D eigenvalue weighted by Crippen LogP contribution is -2.44. The molecule has 1 saturated heterocycles. The Labute approximate surface area is 165 Å². The minimum atomic E-state index is 0.176. The number of nitrogens with zero attached hydrogens (tertiary/aromatic N) is 4. The highest BCUT2D eigenvalue weighted by Crippen LogP contribution is 2.27. The monoisotopic (exact) mass is 377 g/mol. The molecule has 2 aromatic heterocycles. The van der Waals surface area contributed by atoms with Gasteiger partial charge in [-0.1, -0.05) is 18.2 Å². The first-order valence-corrected chi connectivity index (χ1v) is 9.91. The minimum absolute atomic E-state index is 0.176. The summed E-state index contributed by atoms with van der Waals surface area (Å²) in [5.74, 6) is 1.45. The Morgan fingerprint density at radius 2 is 2.18 bits per heavy atom.